The van der Waals surface area contributed by atoms with Crippen molar-refractivity contribution in [1.82, 2.24) is 10.2 Å². The zero-order valence-corrected chi connectivity index (χ0v) is 13.5. The van der Waals surface area contributed by atoms with Gasteiger partial charge in [-0.05, 0) is 44.6 Å². The number of benzene rings is 2. The molecular weight excluding hydrogens is 272 g/mol. The Balaban J connectivity index is 1.97. The lowest BCUT2D eigenvalue weighted by Gasteiger charge is -2.25. The second-order valence-corrected chi connectivity index (χ2v) is 5.83. The molecule has 0 fully saturated rings. The van der Waals surface area contributed by atoms with E-state index >= 15 is 0 Å². The molecule has 1 atom stereocenters. The molecule has 0 spiro atoms. The smallest absolute Gasteiger partial charge is 0.251 e. The number of hydrogen-bond acceptors (Lipinski definition) is 2. The van der Waals surface area contributed by atoms with Gasteiger partial charge in [-0.15, -0.1) is 0 Å². The second kappa shape index (κ2) is 7.76. The van der Waals surface area contributed by atoms with Gasteiger partial charge in [0.05, 0.1) is 0 Å². The third-order valence-corrected chi connectivity index (χ3v) is 3.93. The van der Waals surface area contributed by atoms with Gasteiger partial charge >= 0.3 is 0 Å². The van der Waals surface area contributed by atoms with Gasteiger partial charge < -0.3 is 10.2 Å². The zero-order chi connectivity index (χ0) is 15.9. The summed E-state index contributed by atoms with van der Waals surface area (Å²) >= 11 is 0. The van der Waals surface area contributed by atoms with E-state index in [-0.39, 0.29) is 11.9 Å². The van der Waals surface area contributed by atoms with Crippen LogP contribution >= 0.6 is 0 Å². The number of aryl methyl sites for hydroxylation is 1. The molecule has 22 heavy (non-hydrogen) atoms. The molecule has 0 aliphatic carbocycles. The minimum absolute atomic E-state index is 0.00184. The maximum Gasteiger partial charge on any atom is 0.251 e. The van der Waals surface area contributed by atoms with E-state index < -0.39 is 0 Å². The predicted molar refractivity (Wildman–Crippen MR) is 91.1 cm³/mol. The van der Waals surface area contributed by atoms with Crippen molar-refractivity contribution < 1.29 is 4.79 Å². The van der Waals surface area contributed by atoms with Gasteiger partial charge in [0.2, 0.25) is 0 Å². The molecule has 0 heterocycles. The number of nitrogens with one attached hydrogen (secondary N) is 1. The van der Waals surface area contributed by atoms with Gasteiger partial charge in [0, 0.05) is 18.2 Å². The summed E-state index contributed by atoms with van der Waals surface area (Å²) in [4.78, 5) is 14.5. The molecule has 2 aromatic carbocycles. The average Bonchev–Trinajstić information content (AvgIpc) is 2.52. The average molecular weight is 296 g/mol. The summed E-state index contributed by atoms with van der Waals surface area (Å²) in [5.41, 5.74) is 3.04. The van der Waals surface area contributed by atoms with Crippen LogP contribution < -0.4 is 5.32 Å². The Kier molecular flexibility index (Phi) is 5.73. The molecule has 2 aromatic rings. The number of carbonyl (C=O) groups is 1. The summed E-state index contributed by atoms with van der Waals surface area (Å²) in [7, 11) is 4.10. The van der Waals surface area contributed by atoms with Crippen LogP contribution in [0.1, 0.15) is 21.5 Å². The van der Waals surface area contributed by atoms with Crippen LogP contribution in [0.4, 0.5) is 0 Å². The summed E-state index contributed by atoms with van der Waals surface area (Å²) in [6.07, 6.45) is 0.919. The molecule has 1 unspecified atom stereocenters. The maximum absolute atomic E-state index is 12.3. The summed E-state index contributed by atoms with van der Waals surface area (Å²) < 4.78 is 0. The van der Waals surface area contributed by atoms with Crippen molar-refractivity contribution in [3.8, 4) is 0 Å². The molecule has 3 nitrogen and oxygen atoms in total. The number of nitrogens with zero attached hydrogens (tertiary/aromatic N) is 1. The van der Waals surface area contributed by atoms with Crippen LogP contribution in [0.15, 0.2) is 54.6 Å². The monoisotopic (exact) mass is 296 g/mol. The Bertz CT molecular complexity index is 608. The summed E-state index contributed by atoms with van der Waals surface area (Å²) in [6, 6.07) is 18.3. The topological polar surface area (TPSA) is 32.3 Å². The fraction of sp³-hybridized carbons (Fsp3) is 0.316. The lowest BCUT2D eigenvalue weighted by atomic mass is 10.0. The number of carbonyl (C=O) groups excluding carboxylic acids is 1. The first-order valence-electron chi connectivity index (χ1n) is 7.62. The first-order valence-corrected chi connectivity index (χ1v) is 7.62. The Morgan fingerprint density at radius 3 is 2.32 bits per heavy atom. The third-order valence-electron chi connectivity index (χ3n) is 3.93. The number of likely N-dealkylation sites (N-methyl/N-ethyl adjacent to an activating group) is 1. The van der Waals surface area contributed by atoms with Gasteiger partial charge in [-0.1, -0.05) is 48.5 Å². The zero-order valence-electron chi connectivity index (χ0n) is 13.5. The maximum atomic E-state index is 12.3. The SMILES string of the molecule is Cc1ccccc1C(=O)NCC(Cc1ccccc1)N(C)C. The highest BCUT2D eigenvalue weighted by Crippen LogP contribution is 2.08. The standard InChI is InChI=1S/C19H24N2O/c1-15-9-7-8-12-18(15)19(22)20-14-17(21(2)3)13-16-10-5-4-6-11-16/h4-12,17H,13-14H2,1-3H3,(H,20,22). The molecule has 0 aromatic heterocycles. The highest BCUT2D eigenvalue weighted by molar-refractivity contribution is 5.95. The summed E-state index contributed by atoms with van der Waals surface area (Å²) in [5.74, 6) is -0.00184. The third kappa shape index (κ3) is 4.43. The number of hydrogen-bond donors (Lipinski definition) is 1. The lowest BCUT2D eigenvalue weighted by molar-refractivity contribution is 0.0941. The molecule has 116 valence electrons. The van der Waals surface area contributed by atoms with Gasteiger partial charge in [-0.3, -0.25) is 4.79 Å². The van der Waals surface area contributed by atoms with E-state index in [0.29, 0.717) is 6.54 Å². The van der Waals surface area contributed by atoms with Crippen molar-refractivity contribution in [3.63, 3.8) is 0 Å². The van der Waals surface area contributed by atoms with E-state index in [1.807, 2.05) is 63.5 Å². The molecule has 0 saturated heterocycles. The van der Waals surface area contributed by atoms with Crippen LogP contribution in [0, 0.1) is 6.92 Å². The van der Waals surface area contributed by atoms with Gasteiger partial charge in [-0.25, -0.2) is 0 Å². The number of rotatable bonds is 6. The van der Waals surface area contributed by atoms with Crippen LogP contribution in [0.25, 0.3) is 0 Å². The van der Waals surface area contributed by atoms with E-state index in [1.165, 1.54) is 5.56 Å². The van der Waals surface area contributed by atoms with E-state index in [1.54, 1.807) is 0 Å². The lowest BCUT2D eigenvalue weighted by Crippen LogP contribution is -2.41. The van der Waals surface area contributed by atoms with E-state index in [2.05, 4.69) is 22.3 Å². The van der Waals surface area contributed by atoms with E-state index in [9.17, 15) is 4.79 Å². The van der Waals surface area contributed by atoms with E-state index in [0.717, 1.165) is 17.5 Å². The van der Waals surface area contributed by atoms with E-state index in [4.69, 9.17) is 0 Å². The summed E-state index contributed by atoms with van der Waals surface area (Å²) in [6.45, 7) is 2.59. The molecule has 0 aliphatic heterocycles. The highest BCUT2D eigenvalue weighted by Gasteiger charge is 2.15. The fourth-order valence-corrected chi connectivity index (χ4v) is 2.46. The normalized spacial score (nSPS) is 12.2. The van der Waals surface area contributed by atoms with Crippen molar-refractivity contribution in [2.45, 2.75) is 19.4 Å². The molecule has 0 saturated carbocycles. The quantitative estimate of drug-likeness (QED) is 0.889. The predicted octanol–water partition coefficient (Wildman–Crippen LogP) is 2.90. The molecule has 0 aliphatic rings. The van der Waals surface area contributed by atoms with Crippen molar-refractivity contribution in [3.05, 3.63) is 71.3 Å². The second-order valence-electron chi connectivity index (χ2n) is 5.83. The fourth-order valence-electron chi connectivity index (χ4n) is 2.46. The largest absolute Gasteiger partial charge is 0.350 e. The van der Waals surface area contributed by atoms with Gasteiger partial charge in [0.1, 0.15) is 0 Å². The van der Waals surface area contributed by atoms with Crippen LogP contribution in [-0.4, -0.2) is 37.5 Å². The first-order chi connectivity index (χ1) is 10.6. The van der Waals surface area contributed by atoms with Crippen LogP contribution in [0.5, 0.6) is 0 Å². The van der Waals surface area contributed by atoms with Crippen molar-refractivity contribution in [2.75, 3.05) is 20.6 Å². The van der Waals surface area contributed by atoms with Crippen molar-refractivity contribution >= 4 is 5.91 Å². The van der Waals surface area contributed by atoms with Gasteiger partial charge in [0.15, 0.2) is 0 Å². The van der Waals surface area contributed by atoms with Crippen molar-refractivity contribution in [1.29, 1.82) is 0 Å². The van der Waals surface area contributed by atoms with Gasteiger partial charge in [-0.2, -0.15) is 0 Å². The molecule has 0 radical (unpaired) electrons. The minimum Gasteiger partial charge on any atom is -0.350 e. The highest BCUT2D eigenvalue weighted by atomic mass is 16.1. The Morgan fingerprint density at radius 2 is 1.68 bits per heavy atom. The molecule has 3 heteroatoms. The molecule has 1 N–H and O–H groups in total. The Labute approximate surface area is 133 Å². The van der Waals surface area contributed by atoms with Crippen molar-refractivity contribution in [2.24, 2.45) is 0 Å². The van der Waals surface area contributed by atoms with Crippen LogP contribution in [0.3, 0.4) is 0 Å². The molecular formula is C19H24N2O. The van der Waals surface area contributed by atoms with Crippen LogP contribution in [0.2, 0.25) is 0 Å². The first kappa shape index (κ1) is 16.2. The Morgan fingerprint density at radius 1 is 1.05 bits per heavy atom. The molecule has 0 bridgehead atoms. The summed E-state index contributed by atoms with van der Waals surface area (Å²) in [5, 5.41) is 3.06. The minimum atomic E-state index is -0.00184. The molecule has 1 amide bonds. The van der Waals surface area contributed by atoms with Gasteiger partial charge in [0.25, 0.3) is 5.91 Å². The Hall–Kier alpha value is -2.13. The van der Waals surface area contributed by atoms with Crippen LogP contribution in [-0.2, 0) is 6.42 Å². The number of amides is 1. The molecule has 2 rings (SSSR count).